The molecule has 29 heavy (non-hydrogen) atoms. The molecule has 0 aliphatic heterocycles. The van der Waals surface area contributed by atoms with Crippen molar-refractivity contribution in [3.63, 3.8) is 0 Å². The molecule has 0 saturated carbocycles. The van der Waals surface area contributed by atoms with E-state index in [0.29, 0.717) is 18.8 Å². The number of ether oxygens (including phenoxy) is 1. The number of nitrogen functional groups attached to an aromatic ring is 1. The van der Waals surface area contributed by atoms with Gasteiger partial charge in [0.15, 0.2) is 0 Å². The first-order chi connectivity index (χ1) is 14.1. The zero-order valence-electron chi connectivity index (χ0n) is 15.8. The van der Waals surface area contributed by atoms with Crippen LogP contribution in [-0.2, 0) is 4.74 Å². The van der Waals surface area contributed by atoms with Gasteiger partial charge in [-0.25, -0.2) is 4.79 Å². The molecule has 0 atom stereocenters. The molecule has 0 aromatic heterocycles. The summed E-state index contributed by atoms with van der Waals surface area (Å²) in [5, 5.41) is 2.77. The smallest absolute Gasteiger partial charge is 0.407 e. The predicted octanol–water partition coefficient (Wildman–Crippen LogP) is 5.58. The lowest BCUT2D eigenvalue weighted by molar-refractivity contribution is 0.144. The van der Waals surface area contributed by atoms with E-state index in [9.17, 15) is 4.79 Å². The first-order valence-corrected chi connectivity index (χ1v) is 10.2. The highest BCUT2D eigenvalue weighted by atomic mass is 79.9. The Kier molecular flexibility index (Phi) is 5.67. The Hall–Kier alpha value is -3.05. The summed E-state index contributed by atoms with van der Waals surface area (Å²) in [6, 6.07) is 22.3. The lowest BCUT2D eigenvalue weighted by atomic mass is 9.98. The predicted molar refractivity (Wildman–Crippen MR) is 121 cm³/mol. The van der Waals surface area contributed by atoms with Crippen LogP contribution < -0.4 is 11.1 Å². The number of halogens is 1. The van der Waals surface area contributed by atoms with Crippen molar-refractivity contribution < 1.29 is 9.53 Å². The summed E-state index contributed by atoms with van der Waals surface area (Å²) in [7, 11) is 0. The average Bonchev–Trinajstić information content (AvgIpc) is 3.06. The summed E-state index contributed by atoms with van der Waals surface area (Å²) in [6.45, 7) is 0.702. The number of fused-ring (bicyclic) bond motifs is 3. The first kappa shape index (κ1) is 19.3. The van der Waals surface area contributed by atoms with E-state index in [-0.39, 0.29) is 5.92 Å². The van der Waals surface area contributed by atoms with Gasteiger partial charge >= 0.3 is 6.09 Å². The summed E-state index contributed by atoms with van der Waals surface area (Å²) in [5.41, 5.74) is 12.3. The van der Waals surface area contributed by atoms with Gasteiger partial charge in [-0.2, -0.15) is 0 Å². The number of carbonyl (C=O) groups excluding carboxylic acids is 1. The number of nitrogens with one attached hydrogen (secondary N) is 1. The molecule has 0 saturated heterocycles. The van der Waals surface area contributed by atoms with E-state index in [2.05, 4.69) is 45.5 Å². The topological polar surface area (TPSA) is 64.3 Å². The van der Waals surface area contributed by atoms with Crippen LogP contribution in [0.1, 0.15) is 22.6 Å². The quantitative estimate of drug-likeness (QED) is 0.500. The van der Waals surface area contributed by atoms with Crippen LogP contribution in [0.2, 0.25) is 0 Å². The summed E-state index contributed by atoms with van der Waals surface area (Å²) < 4.78 is 6.37. The van der Waals surface area contributed by atoms with Gasteiger partial charge in [0.25, 0.3) is 0 Å². The van der Waals surface area contributed by atoms with Crippen molar-refractivity contribution in [3.05, 3.63) is 94.0 Å². The molecule has 0 fully saturated rings. The maximum Gasteiger partial charge on any atom is 0.407 e. The Morgan fingerprint density at radius 1 is 1.03 bits per heavy atom. The monoisotopic (exact) mass is 448 g/mol. The lowest BCUT2D eigenvalue weighted by Crippen LogP contribution is -2.26. The molecule has 0 bridgehead atoms. The molecule has 0 radical (unpaired) electrons. The van der Waals surface area contributed by atoms with Gasteiger partial charge in [0.2, 0.25) is 0 Å². The van der Waals surface area contributed by atoms with E-state index >= 15 is 0 Å². The normalized spacial score (nSPS) is 12.6. The molecule has 146 valence electrons. The van der Waals surface area contributed by atoms with Gasteiger partial charge in [0.1, 0.15) is 6.61 Å². The molecule has 0 unspecified atom stereocenters. The van der Waals surface area contributed by atoms with Crippen molar-refractivity contribution in [2.45, 2.75) is 5.92 Å². The molecule has 4 nitrogen and oxygen atoms in total. The van der Waals surface area contributed by atoms with Crippen molar-refractivity contribution in [3.8, 4) is 11.1 Å². The Bertz CT molecular complexity index is 1030. The van der Waals surface area contributed by atoms with Crippen LogP contribution in [0.25, 0.3) is 17.2 Å². The van der Waals surface area contributed by atoms with Gasteiger partial charge in [-0.1, -0.05) is 66.7 Å². The SMILES string of the molecule is Nc1ccc(C=CCNC(=O)OCC2c3ccccc3-c3ccccc32)cc1Br. The average molecular weight is 449 g/mol. The standard InChI is InChI=1S/C24H21BrN2O2/c25-22-14-16(11-12-23(22)26)6-5-13-27-24(28)29-15-21-19-9-3-1-7-17(19)18-8-2-4-10-20(18)21/h1-12,14,21H,13,15,26H2,(H,27,28). The first-order valence-electron chi connectivity index (χ1n) is 9.44. The van der Waals surface area contributed by atoms with Gasteiger partial charge in [0.05, 0.1) is 0 Å². The van der Waals surface area contributed by atoms with Gasteiger partial charge < -0.3 is 15.8 Å². The maximum absolute atomic E-state index is 12.1. The summed E-state index contributed by atoms with van der Waals surface area (Å²) >= 11 is 3.41. The molecular weight excluding hydrogens is 428 g/mol. The molecule has 4 rings (SSSR count). The lowest BCUT2D eigenvalue weighted by Gasteiger charge is -2.14. The zero-order chi connectivity index (χ0) is 20.2. The van der Waals surface area contributed by atoms with Gasteiger partial charge in [-0.3, -0.25) is 0 Å². The molecule has 3 N–H and O–H groups in total. The van der Waals surface area contributed by atoms with E-state index in [0.717, 1.165) is 10.0 Å². The van der Waals surface area contributed by atoms with E-state index in [1.54, 1.807) is 0 Å². The fraction of sp³-hybridized carbons (Fsp3) is 0.125. The molecule has 1 aliphatic carbocycles. The molecule has 5 heteroatoms. The second-order valence-corrected chi connectivity index (χ2v) is 7.74. The van der Waals surface area contributed by atoms with Crippen molar-refractivity contribution in [2.75, 3.05) is 18.9 Å². The molecule has 3 aromatic rings. The molecule has 1 aliphatic rings. The number of carbonyl (C=O) groups is 1. The number of nitrogens with two attached hydrogens (primary N) is 1. The van der Waals surface area contributed by atoms with Crippen LogP contribution in [0, 0.1) is 0 Å². The fourth-order valence-electron chi connectivity index (χ4n) is 3.63. The number of benzene rings is 3. The Balaban J connectivity index is 1.33. The van der Waals surface area contributed by atoms with Crippen molar-refractivity contribution in [1.29, 1.82) is 0 Å². The van der Waals surface area contributed by atoms with Crippen LogP contribution >= 0.6 is 15.9 Å². The maximum atomic E-state index is 12.1. The van der Waals surface area contributed by atoms with E-state index < -0.39 is 6.09 Å². The minimum atomic E-state index is -0.421. The molecule has 1 amide bonds. The van der Waals surface area contributed by atoms with Gasteiger partial charge in [-0.05, 0) is 55.9 Å². The molecule has 3 aromatic carbocycles. The summed E-state index contributed by atoms with van der Waals surface area (Å²) in [6.07, 6.45) is 3.38. The largest absolute Gasteiger partial charge is 0.449 e. The number of rotatable bonds is 5. The highest BCUT2D eigenvalue weighted by Gasteiger charge is 2.28. The van der Waals surface area contributed by atoms with Crippen molar-refractivity contribution in [1.82, 2.24) is 5.32 Å². The second-order valence-electron chi connectivity index (χ2n) is 6.89. The van der Waals surface area contributed by atoms with Crippen LogP contribution in [-0.4, -0.2) is 19.2 Å². The summed E-state index contributed by atoms with van der Waals surface area (Å²) in [4.78, 5) is 12.1. The van der Waals surface area contributed by atoms with Crippen LogP contribution in [0.5, 0.6) is 0 Å². The highest BCUT2D eigenvalue weighted by Crippen LogP contribution is 2.44. The minimum absolute atomic E-state index is 0.0656. The number of amides is 1. The summed E-state index contributed by atoms with van der Waals surface area (Å²) in [5.74, 6) is 0.0656. The zero-order valence-corrected chi connectivity index (χ0v) is 17.4. The van der Waals surface area contributed by atoms with Crippen LogP contribution in [0.15, 0.2) is 77.3 Å². The third-order valence-electron chi connectivity index (χ3n) is 5.04. The van der Waals surface area contributed by atoms with E-state index in [1.165, 1.54) is 22.3 Å². The van der Waals surface area contributed by atoms with E-state index in [4.69, 9.17) is 10.5 Å². The molecule has 0 heterocycles. The van der Waals surface area contributed by atoms with Gasteiger partial charge in [-0.15, -0.1) is 0 Å². The number of anilines is 1. The fourth-order valence-corrected chi connectivity index (χ4v) is 4.03. The number of hydrogen-bond donors (Lipinski definition) is 2. The number of alkyl carbamates (subject to hydrolysis) is 1. The Morgan fingerprint density at radius 3 is 2.34 bits per heavy atom. The number of hydrogen-bond acceptors (Lipinski definition) is 3. The third kappa shape index (κ3) is 4.20. The third-order valence-corrected chi connectivity index (χ3v) is 5.73. The van der Waals surface area contributed by atoms with Crippen molar-refractivity contribution in [2.24, 2.45) is 0 Å². The van der Waals surface area contributed by atoms with E-state index in [1.807, 2.05) is 54.6 Å². The Morgan fingerprint density at radius 2 is 1.69 bits per heavy atom. The van der Waals surface area contributed by atoms with Crippen molar-refractivity contribution >= 4 is 33.8 Å². The molecular formula is C24H21BrN2O2. The van der Waals surface area contributed by atoms with Crippen LogP contribution in [0.3, 0.4) is 0 Å². The molecule has 0 spiro atoms. The minimum Gasteiger partial charge on any atom is -0.449 e. The highest BCUT2D eigenvalue weighted by molar-refractivity contribution is 9.10. The van der Waals surface area contributed by atoms with Gasteiger partial charge in [0, 0.05) is 22.6 Å². The second kappa shape index (κ2) is 8.53. The Labute approximate surface area is 178 Å². The van der Waals surface area contributed by atoms with Crippen LogP contribution in [0.4, 0.5) is 10.5 Å².